The predicted molar refractivity (Wildman–Crippen MR) is 63.7 cm³/mol. The molecule has 0 aromatic rings. The van der Waals surface area contributed by atoms with Crippen molar-refractivity contribution in [2.45, 2.75) is 57.7 Å². The van der Waals surface area contributed by atoms with Gasteiger partial charge >= 0.3 is 5.97 Å². The second-order valence-corrected chi connectivity index (χ2v) is 6.40. The van der Waals surface area contributed by atoms with E-state index in [2.05, 4.69) is 0 Å². The number of rotatable bonds is 0. The topological polar surface area (TPSA) is 63.6 Å². The van der Waals surface area contributed by atoms with E-state index in [9.17, 15) is 14.7 Å². The van der Waals surface area contributed by atoms with Gasteiger partial charge in [-0.2, -0.15) is 0 Å². The molecule has 0 aromatic heterocycles. The standard InChI is InChI=1S/C14H20O4/c1-8-3-4-9-7-11(16)18-12(9)13(2)10(15)5-6-14(8,13)17/h8-9,12,17H,3-7H2,1-2H3. The van der Waals surface area contributed by atoms with Crippen molar-refractivity contribution in [3.05, 3.63) is 0 Å². The highest BCUT2D eigenvalue weighted by atomic mass is 16.6. The van der Waals surface area contributed by atoms with Gasteiger partial charge in [-0.15, -0.1) is 0 Å². The van der Waals surface area contributed by atoms with Crippen LogP contribution in [0.3, 0.4) is 0 Å². The number of ketones is 1. The molecule has 100 valence electrons. The van der Waals surface area contributed by atoms with Crippen LogP contribution in [-0.2, 0) is 14.3 Å². The van der Waals surface area contributed by atoms with E-state index in [1.165, 1.54) is 0 Å². The fourth-order valence-corrected chi connectivity index (χ4v) is 4.38. The summed E-state index contributed by atoms with van der Waals surface area (Å²) in [4.78, 5) is 23.9. The largest absolute Gasteiger partial charge is 0.461 e. The van der Waals surface area contributed by atoms with E-state index in [1.807, 2.05) is 6.92 Å². The first-order valence-electron chi connectivity index (χ1n) is 6.85. The second kappa shape index (κ2) is 3.56. The molecule has 0 amide bonds. The molecule has 0 bridgehead atoms. The summed E-state index contributed by atoms with van der Waals surface area (Å²) in [7, 11) is 0. The third-order valence-corrected chi connectivity index (χ3v) is 5.68. The molecule has 3 rings (SSSR count). The molecule has 4 heteroatoms. The van der Waals surface area contributed by atoms with E-state index in [1.54, 1.807) is 6.92 Å². The highest BCUT2D eigenvalue weighted by molar-refractivity contribution is 5.90. The monoisotopic (exact) mass is 252 g/mol. The number of carbonyl (C=O) groups excluding carboxylic acids is 2. The van der Waals surface area contributed by atoms with E-state index < -0.39 is 17.1 Å². The Bertz CT molecular complexity index is 418. The molecule has 3 aliphatic rings. The number of esters is 1. The van der Waals surface area contributed by atoms with Crippen LogP contribution < -0.4 is 0 Å². The van der Waals surface area contributed by atoms with Crippen LogP contribution in [0.1, 0.15) is 46.0 Å². The third kappa shape index (κ3) is 1.25. The lowest BCUT2D eigenvalue weighted by Crippen LogP contribution is -2.56. The second-order valence-electron chi connectivity index (χ2n) is 6.40. The molecule has 1 saturated heterocycles. The number of fused-ring (bicyclic) bond motifs is 3. The maximum atomic E-state index is 12.3. The van der Waals surface area contributed by atoms with Gasteiger partial charge in [-0.3, -0.25) is 9.59 Å². The first-order chi connectivity index (χ1) is 8.39. The minimum absolute atomic E-state index is 0.0588. The van der Waals surface area contributed by atoms with Gasteiger partial charge in [0.15, 0.2) is 0 Å². The minimum atomic E-state index is -1.01. The summed E-state index contributed by atoms with van der Waals surface area (Å²) in [5, 5.41) is 11.0. The highest BCUT2D eigenvalue weighted by Crippen LogP contribution is 2.57. The Morgan fingerprint density at radius 3 is 2.78 bits per heavy atom. The number of ether oxygens (including phenoxy) is 1. The van der Waals surface area contributed by atoms with E-state index >= 15 is 0 Å². The number of hydrogen-bond acceptors (Lipinski definition) is 4. The van der Waals surface area contributed by atoms with Gasteiger partial charge in [0.1, 0.15) is 11.9 Å². The number of hydrogen-bond donors (Lipinski definition) is 1. The fraction of sp³-hybridized carbons (Fsp3) is 0.857. The summed E-state index contributed by atoms with van der Waals surface area (Å²) in [6, 6.07) is 0. The van der Waals surface area contributed by atoms with Crippen LogP contribution in [-0.4, -0.2) is 28.6 Å². The average molecular weight is 252 g/mol. The normalized spacial score (nSPS) is 51.6. The van der Waals surface area contributed by atoms with Gasteiger partial charge < -0.3 is 9.84 Å². The van der Waals surface area contributed by atoms with Gasteiger partial charge in [-0.05, 0) is 32.1 Å². The van der Waals surface area contributed by atoms with Crippen LogP contribution in [0.5, 0.6) is 0 Å². The molecular formula is C14H20O4. The first-order valence-corrected chi connectivity index (χ1v) is 6.85. The molecule has 4 nitrogen and oxygen atoms in total. The Hall–Kier alpha value is -0.900. The molecule has 0 aromatic carbocycles. The van der Waals surface area contributed by atoms with Gasteiger partial charge in [0.05, 0.1) is 17.4 Å². The smallest absolute Gasteiger partial charge is 0.306 e. The highest BCUT2D eigenvalue weighted by Gasteiger charge is 2.67. The summed E-state index contributed by atoms with van der Waals surface area (Å²) in [6.07, 6.45) is 2.61. The molecule has 18 heavy (non-hydrogen) atoms. The van der Waals surface area contributed by atoms with Crippen LogP contribution in [0.15, 0.2) is 0 Å². The summed E-state index contributed by atoms with van der Waals surface area (Å²) >= 11 is 0. The van der Waals surface area contributed by atoms with E-state index in [0.717, 1.165) is 12.8 Å². The van der Waals surface area contributed by atoms with Crippen molar-refractivity contribution in [3.63, 3.8) is 0 Å². The molecule has 1 heterocycles. The fourth-order valence-electron chi connectivity index (χ4n) is 4.38. The lowest BCUT2D eigenvalue weighted by Gasteiger charge is -2.43. The van der Waals surface area contributed by atoms with Crippen molar-refractivity contribution >= 4 is 11.8 Å². The van der Waals surface area contributed by atoms with Gasteiger partial charge in [0.2, 0.25) is 0 Å². The molecule has 3 fully saturated rings. The van der Waals surface area contributed by atoms with Crippen LogP contribution in [0.4, 0.5) is 0 Å². The number of Topliss-reactive ketones (excluding diaryl/α,β-unsaturated/α-hetero) is 1. The molecule has 1 aliphatic heterocycles. The number of aliphatic hydroxyl groups is 1. The van der Waals surface area contributed by atoms with E-state index in [4.69, 9.17) is 4.74 Å². The van der Waals surface area contributed by atoms with Crippen molar-refractivity contribution < 1.29 is 19.4 Å². The number of carbonyl (C=O) groups is 2. The maximum absolute atomic E-state index is 12.3. The van der Waals surface area contributed by atoms with Crippen LogP contribution in [0, 0.1) is 17.3 Å². The molecule has 0 spiro atoms. The zero-order chi connectivity index (χ0) is 13.1. The van der Waals surface area contributed by atoms with Crippen molar-refractivity contribution in [2.75, 3.05) is 0 Å². The molecule has 2 aliphatic carbocycles. The SMILES string of the molecule is CC1CCC2CC(=O)OC2C2(C)C(=O)CCC12O. The van der Waals surface area contributed by atoms with Crippen molar-refractivity contribution in [3.8, 4) is 0 Å². The zero-order valence-electron chi connectivity index (χ0n) is 10.9. The Labute approximate surface area is 107 Å². The molecule has 0 radical (unpaired) electrons. The maximum Gasteiger partial charge on any atom is 0.306 e. The van der Waals surface area contributed by atoms with E-state index in [-0.39, 0.29) is 23.6 Å². The van der Waals surface area contributed by atoms with Crippen molar-refractivity contribution in [1.82, 2.24) is 0 Å². The summed E-state index contributed by atoms with van der Waals surface area (Å²) in [5.74, 6) is 0.0190. The Morgan fingerprint density at radius 1 is 1.33 bits per heavy atom. The molecule has 2 saturated carbocycles. The average Bonchev–Trinajstić information content (AvgIpc) is 2.79. The molecule has 5 unspecified atom stereocenters. The molecular weight excluding hydrogens is 232 g/mol. The summed E-state index contributed by atoms with van der Waals surface area (Å²) < 4.78 is 5.43. The predicted octanol–water partition coefficient (Wildman–Crippen LogP) is 1.45. The molecule has 1 N–H and O–H groups in total. The summed E-state index contributed by atoms with van der Waals surface area (Å²) in [6.45, 7) is 3.82. The first kappa shape index (κ1) is 12.2. The van der Waals surface area contributed by atoms with Crippen LogP contribution in [0.25, 0.3) is 0 Å². The quantitative estimate of drug-likeness (QED) is 0.663. The minimum Gasteiger partial charge on any atom is -0.461 e. The third-order valence-electron chi connectivity index (χ3n) is 5.68. The Balaban J connectivity index is 2.10. The van der Waals surface area contributed by atoms with Gasteiger partial charge in [0, 0.05) is 12.3 Å². The zero-order valence-corrected chi connectivity index (χ0v) is 10.9. The van der Waals surface area contributed by atoms with Gasteiger partial charge in [-0.1, -0.05) is 6.92 Å². The molecule has 5 atom stereocenters. The van der Waals surface area contributed by atoms with Crippen molar-refractivity contribution in [2.24, 2.45) is 17.3 Å². The lowest BCUT2D eigenvalue weighted by atomic mass is 9.65. The Kier molecular flexibility index (Phi) is 2.40. The lowest BCUT2D eigenvalue weighted by molar-refractivity contribution is -0.171. The Morgan fingerprint density at radius 2 is 2.06 bits per heavy atom. The summed E-state index contributed by atoms with van der Waals surface area (Å²) in [5.41, 5.74) is -1.91. The van der Waals surface area contributed by atoms with Gasteiger partial charge in [0.25, 0.3) is 0 Å². The van der Waals surface area contributed by atoms with Crippen LogP contribution >= 0.6 is 0 Å². The van der Waals surface area contributed by atoms with Gasteiger partial charge in [-0.25, -0.2) is 0 Å². The van der Waals surface area contributed by atoms with Crippen molar-refractivity contribution in [1.29, 1.82) is 0 Å². The van der Waals surface area contributed by atoms with Crippen LogP contribution in [0.2, 0.25) is 0 Å². The van der Waals surface area contributed by atoms with E-state index in [0.29, 0.717) is 19.3 Å².